The van der Waals surface area contributed by atoms with Gasteiger partial charge in [0.25, 0.3) is 0 Å². The third kappa shape index (κ3) is 3.25. The Hall–Kier alpha value is -0.0800. The highest BCUT2D eigenvalue weighted by Gasteiger charge is 2.28. The maximum absolute atomic E-state index is 3.39. The maximum atomic E-state index is 3.39. The number of likely N-dealkylation sites (N-methyl/N-ethyl adjacent to an activating group) is 2. The second-order valence-electron chi connectivity index (χ2n) is 4.82. The van der Waals surface area contributed by atoms with E-state index in [0.717, 1.165) is 0 Å². The highest BCUT2D eigenvalue weighted by Crippen LogP contribution is 2.21. The molecule has 0 fully saturated rings. The Morgan fingerprint density at radius 2 is 1.79 bits per heavy atom. The summed E-state index contributed by atoms with van der Waals surface area (Å²) < 4.78 is 0. The third-order valence-corrected chi connectivity index (χ3v) is 3.82. The van der Waals surface area contributed by atoms with Gasteiger partial charge >= 0.3 is 0 Å². The minimum atomic E-state index is 0.295. The number of hydrogen-bond donors (Lipinski definition) is 1. The Kier molecular flexibility index (Phi) is 5.68. The summed E-state index contributed by atoms with van der Waals surface area (Å²) in [6.07, 6.45) is 2.37. The first-order valence-corrected chi connectivity index (χ1v) is 5.80. The molecule has 1 N–H and O–H groups in total. The van der Waals surface area contributed by atoms with Crippen LogP contribution in [0.4, 0.5) is 0 Å². The predicted molar refractivity (Wildman–Crippen MR) is 64.7 cm³/mol. The molecule has 0 saturated carbocycles. The van der Waals surface area contributed by atoms with Gasteiger partial charge in [-0.3, -0.25) is 4.90 Å². The highest BCUT2D eigenvalue weighted by atomic mass is 15.2. The lowest BCUT2D eigenvalue weighted by Crippen LogP contribution is -2.53. The van der Waals surface area contributed by atoms with Crippen molar-refractivity contribution in [3.63, 3.8) is 0 Å². The van der Waals surface area contributed by atoms with E-state index in [1.807, 2.05) is 0 Å². The van der Waals surface area contributed by atoms with Crippen molar-refractivity contribution in [2.45, 2.75) is 65.1 Å². The van der Waals surface area contributed by atoms with Gasteiger partial charge in [-0.05, 0) is 47.7 Å². The van der Waals surface area contributed by atoms with Crippen molar-refractivity contribution in [1.82, 2.24) is 10.2 Å². The Balaban J connectivity index is 4.43. The van der Waals surface area contributed by atoms with Crippen LogP contribution in [0.5, 0.6) is 0 Å². The third-order valence-electron chi connectivity index (χ3n) is 3.82. The first kappa shape index (κ1) is 13.9. The Morgan fingerprint density at radius 3 is 2.07 bits per heavy atom. The zero-order chi connectivity index (χ0) is 11.4. The molecule has 0 aromatic carbocycles. The van der Waals surface area contributed by atoms with Crippen LogP contribution in [-0.4, -0.2) is 36.6 Å². The van der Waals surface area contributed by atoms with Crippen molar-refractivity contribution >= 4 is 0 Å². The maximum Gasteiger partial charge on any atom is 0.0223 e. The molecule has 0 aromatic heterocycles. The van der Waals surface area contributed by atoms with E-state index in [0.29, 0.717) is 17.6 Å². The first-order chi connectivity index (χ1) is 6.40. The van der Waals surface area contributed by atoms with Crippen molar-refractivity contribution in [1.29, 1.82) is 0 Å². The summed E-state index contributed by atoms with van der Waals surface area (Å²) in [5.41, 5.74) is 0.295. The molecule has 0 bridgehead atoms. The Morgan fingerprint density at radius 1 is 1.29 bits per heavy atom. The lowest BCUT2D eigenvalue weighted by atomic mass is 9.95. The van der Waals surface area contributed by atoms with Gasteiger partial charge in [-0.2, -0.15) is 0 Å². The van der Waals surface area contributed by atoms with Gasteiger partial charge in [-0.15, -0.1) is 0 Å². The van der Waals surface area contributed by atoms with Crippen LogP contribution in [-0.2, 0) is 0 Å². The standard InChI is InChI=1S/C12H28N2/c1-8-11(13-6)10(3)14(7)12(4,5)9-2/h10-11,13H,8-9H2,1-7H3. The Labute approximate surface area is 90.1 Å². The Bertz CT molecular complexity index is 150. The van der Waals surface area contributed by atoms with E-state index in [4.69, 9.17) is 0 Å². The molecule has 0 aliphatic carbocycles. The van der Waals surface area contributed by atoms with Crippen LogP contribution in [0.1, 0.15) is 47.5 Å². The summed E-state index contributed by atoms with van der Waals surface area (Å²) in [5.74, 6) is 0. The summed E-state index contributed by atoms with van der Waals surface area (Å²) in [7, 11) is 4.28. The van der Waals surface area contributed by atoms with Crippen LogP contribution in [0.3, 0.4) is 0 Å². The van der Waals surface area contributed by atoms with Crippen LogP contribution >= 0.6 is 0 Å². The largest absolute Gasteiger partial charge is 0.315 e. The molecule has 0 saturated heterocycles. The lowest BCUT2D eigenvalue weighted by Gasteiger charge is -2.42. The van der Waals surface area contributed by atoms with E-state index in [1.165, 1.54) is 12.8 Å². The minimum absolute atomic E-state index is 0.295. The molecule has 0 heterocycles. The van der Waals surface area contributed by atoms with E-state index in [1.54, 1.807) is 0 Å². The van der Waals surface area contributed by atoms with Gasteiger partial charge in [0, 0.05) is 17.6 Å². The number of nitrogens with zero attached hydrogens (tertiary/aromatic N) is 1. The normalized spacial score (nSPS) is 17.1. The van der Waals surface area contributed by atoms with Crippen molar-refractivity contribution in [3.8, 4) is 0 Å². The molecule has 2 heteroatoms. The van der Waals surface area contributed by atoms with Crippen molar-refractivity contribution in [3.05, 3.63) is 0 Å². The molecular formula is C12H28N2. The van der Waals surface area contributed by atoms with E-state index in [2.05, 4.69) is 58.9 Å². The number of rotatable bonds is 6. The summed E-state index contributed by atoms with van der Waals surface area (Å²) in [6, 6.07) is 1.17. The summed E-state index contributed by atoms with van der Waals surface area (Å²) >= 11 is 0. The summed E-state index contributed by atoms with van der Waals surface area (Å²) in [4.78, 5) is 2.48. The predicted octanol–water partition coefficient (Wildman–Crippen LogP) is 2.49. The summed E-state index contributed by atoms with van der Waals surface area (Å²) in [6.45, 7) is 11.4. The smallest absolute Gasteiger partial charge is 0.0223 e. The van der Waals surface area contributed by atoms with Crippen molar-refractivity contribution < 1.29 is 0 Å². The van der Waals surface area contributed by atoms with Crippen LogP contribution in [0.25, 0.3) is 0 Å². The van der Waals surface area contributed by atoms with Crippen molar-refractivity contribution in [2.75, 3.05) is 14.1 Å². The van der Waals surface area contributed by atoms with Gasteiger partial charge in [0.05, 0.1) is 0 Å². The fourth-order valence-electron chi connectivity index (χ4n) is 1.86. The molecule has 0 rings (SSSR count). The first-order valence-electron chi connectivity index (χ1n) is 5.80. The molecule has 2 unspecified atom stereocenters. The van der Waals surface area contributed by atoms with Gasteiger partial charge in [0.2, 0.25) is 0 Å². The average molecular weight is 200 g/mol. The van der Waals surface area contributed by atoms with Crippen LogP contribution in [0.2, 0.25) is 0 Å². The van der Waals surface area contributed by atoms with Crippen LogP contribution in [0, 0.1) is 0 Å². The SMILES string of the molecule is CCC(NC)C(C)N(C)C(C)(C)CC. The lowest BCUT2D eigenvalue weighted by molar-refractivity contribution is 0.0841. The number of nitrogens with one attached hydrogen (secondary N) is 1. The number of hydrogen-bond acceptors (Lipinski definition) is 2. The molecule has 14 heavy (non-hydrogen) atoms. The zero-order valence-corrected chi connectivity index (χ0v) is 11.0. The van der Waals surface area contributed by atoms with Gasteiger partial charge in [-0.1, -0.05) is 13.8 Å². The highest BCUT2D eigenvalue weighted by molar-refractivity contribution is 4.86. The molecule has 0 aromatic rings. The molecule has 0 aliphatic heterocycles. The molecule has 0 spiro atoms. The van der Waals surface area contributed by atoms with E-state index in [9.17, 15) is 0 Å². The fourth-order valence-corrected chi connectivity index (χ4v) is 1.86. The van der Waals surface area contributed by atoms with Gasteiger partial charge in [0.1, 0.15) is 0 Å². The van der Waals surface area contributed by atoms with E-state index >= 15 is 0 Å². The molecule has 2 nitrogen and oxygen atoms in total. The molecule has 86 valence electrons. The quantitative estimate of drug-likeness (QED) is 0.708. The molecule has 0 amide bonds. The molecular weight excluding hydrogens is 172 g/mol. The summed E-state index contributed by atoms with van der Waals surface area (Å²) in [5, 5.41) is 3.39. The topological polar surface area (TPSA) is 15.3 Å². The van der Waals surface area contributed by atoms with Crippen molar-refractivity contribution in [2.24, 2.45) is 0 Å². The molecule has 2 atom stereocenters. The van der Waals surface area contributed by atoms with E-state index in [-0.39, 0.29) is 0 Å². The van der Waals surface area contributed by atoms with Gasteiger partial charge in [-0.25, -0.2) is 0 Å². The fraction of sp³-hybridized carbons (Fsp3) is 1.00. The minimum Gasteiger partial charge on any atom is -0.315 e. The average Bonchev–Trinajstić information content (AvgIpc) is 2.18. The zero-order valence-electron chi connectivity index (χ0n) is 11.0. The van der Waals surface area contributed by atoms with Crippen LogP contribution in [0.15, 0.2) is 0 Å². The molecule has 0 aliphatic rings. The second-order valence-corrected chi connectivity index (χ2v) is 4.82. The van der Waals surface area contributed by atoms with Crippen LogP contribution < -0.4 is 5.32 Å². The second kappa shape index (κ2) is 5.72. The molecule has 0 radical (unpaired) electrons. The van der Waals surface area contributed by atoms with Gasteiger partial charge < -0.3 is 5.32 Å². The monoisotopic (exact) mass is 200 g/mol. The van der Waals surface area contributed by atoms with E-state index < -0.39 is 0 Å². The van der Waals surface area contributed by atoms with Gasteiger partial charge in [0.15, 0.2) is 0 Å².